The van der Waals surface area contributed by atoms with Gasteiger partial charge in [0.1, 0.15) is 6.04 Å². The number of amides is 1. The Morgan fingerprint density at radius 2 is 1.81 bits per heavy atom. The lowest BCUT2D eigenvalue weighted by molar-refractivity contribution is -0.140. The molecule has 0 aliphatic carbocycles. The zero-order valence-electron chi connectivity index (χ0n) is 15.3. The molecule has 1 aliphatic rings. The van der Waals surface area contributed by atoms with Crippen LogP contribution in [0, 0.1) is 5.92 Å². The lowest BCUT2D eigenvalue weighted by Crippen LogP contribution is -2.44. The van der Waals surface area contributed by atoms with Crippen molar-refractivity contribution in [1.29, 1.82) is 0 Å². The second kappa shape index (κ2) is 8.18. The summed E-state index contributed by atoms with van der Waals surface area (Å²) in [4.78, 5) is 23.6. The fraction of sp³-hybridized carbons (Fsp3) is 0.556. The van der Waals surface area contributed by atoms with Crippen LogP contribution in [0.15, 0.2) is 29.2 Å². The van der Waals surface area contributed by atoms with Gasteiger partial charge in [0.05, 0.1) is 4.90 Å². The molecular weight excluding hydrogens is 356 g/mol. The highest BCUT2D eigenvalue weighted by Crippen LogP contribution is 2.25. The number of benzene rings is 1. The highest BCUT2D eigenvalue weighted by molar-refractivity contribution is 7.89. The monoisotopic (exact) mass is 382 g/mol. The highest BCUT2D eigenvalue weighted by Gasteiger charge is 2.31. The molecule has 1 amide bonds. The molecule has 0 aromatic heterocycles. The molecule has 0 spiro atoms. The summed E-state index contributed by atoms with van der Waals surface area (Å²) in [7, 11) is -3.60. The first kappa shape index (κ1) is 20.4. The summed E-state index contributed by atoms with van der Waals surface area (Å²) in [6.45, 7) is 5.81. The van der Waals surface area contributed by atoms with E-state index in [1.165, 1.54) is 28.6 Å². The van der Waals surface area contributed by atoms with Crippen molar-refractivity contribution in [3.05, 3.63) is 29.8 Å². The summed E-state index contributed by atoms with van der Waals surface area (Å²) in [6, 6.07) is 4.58. The van der Waals surface area contributed by atoms with E-state index >= 15 is 0 Å². The molecule has 1 aromatic carbocycles. The van der Waals surface area contributed by atoms with Crippen molar-refractivity contribution in [2.45, 2.75) is 57.0 Å². The van der Waals surface area contributed by atoms with Crippen LogP contribution in [-0.2, 0) is 14.8 Å². The molecule has 0 radical (unpaired) electrons. The van der Waals surface area contributed by atoms with E-state index in [1.807, 2.05) is 6.92 Å². The van der Waals surface area contributed by atoms with Crippen molar-refractivity contribution in [2.24, 2.45) is 5.92 Å². The van der Waals surface area contributed by atoms with Gasteiger partial charge < -0.3 is 10.4 Å². The lowest BCUT2D eigenvalue weighted by atomic mass is 10.0. The van der Waals surface area contributed by atoms with Gasteiger partial charge in [-0.15, -0.1) is 0 Å². The summed E-state index contributed by atoms with van der Waals surface area (Å²) in [5.41, 5.74) is 0.225. The molecule has 1 saturated heterocycles. The third kappa shape index (κ3) is 4.42. The SMILES string of the molecule is CC(C)[C@H](NC(=O)c1ccc(S(=O)(=O)N2CCCCC2C)cc1)C(=O)O. The maximum atomic E-state index is 12.8. The minimum atomic E-state index is -3.60. The maximum Gasteiger partial charge on any atom is 0.326 e. The number of rotatable bonds is 6. The number of nitrogens with one attached hydrogen (secondary N) is 1. The molecule has 0 saturated carbocycles. The third-order valence-electron chi connectivity index (χ3n) is 4.68. The molecule has 1 aliphatic heterocycles. The highest BCUT2D eigenvalue weighted by atomic mass is 32.2. The van der Waals surface area contributed by atoms with E-state index in [2.05, 4.69) is 5.32 Å². The van der Waals surface area contributed by atoms with E-state index < -0.39 is 27.9 Å². The van der Waals surface area contributed by atoms with Crippen LogP contribution in [0.2, 0.25) is 0 Å². The number of carbonyl (C=O) groups is 2. The van der Waals surface area contributed by atoms with Crippen LogP contribution in [0.5, 0.6) is 0 Å². The van der Waals surface area contributed by atoms with Crippen LogP contribution in [-0.4, -0.2) is 48.3 Å². The number of sulfonamides is 1. The van der Waals surface area contributed by atoms with E-state index in [-0.39, 0.29) is 22.4 Å². The number of carboxylic acid groups (broad SMARTS) is 1. The number of aliphatic carboxylic acids is 1. The van der Waals surface area contributed by atoms with E-state index in [0.29, 0.717) is 6.54 Å². The molecule has 1 unspecified atom stereocenters. The fourth-order valence-corrected chi connectivity index (χ4v) is 4.78. The van der Waals surface area contributed by atoms with Gasteiger partial charge in [0, 0.05) is 18.2 Å². The van der Waals surface area contributed by atoms with Gasteiger partial charge in [-0.2, -0.15) is 4.31 Å². The summed E-state index contributed by atoms with van der Waals surface area (Å²) in [6.07, 6.45) is 2.70. The second-order valence-electron chi connectivity index (χ2n) is 7.02. The molecule has 0 bridgehead atoms. The molecule has 2 atom stereocenters. The molecule has 1 heterocycles. The van der Waals surface area contributed by atoms with Gasteiger partial charge in [-0.3, -0.25) is 4.79 Å². The van der Waals surface area contributed by atoms with Crippen molar-refractivity contribution >= 4 is 21.9 Å². The number of carbonyl (C=O) groups excluding carboxylic acids is 1. The zero-order chi connectivity index (χ0) is 19.5. The number of hydrogen-bond donors (Lipinski definition) is 2. The largest absolute Gasteiger partial charge is 0.480 e. The standard InChI is InChI=1S/C18H26N2O5S/c1-12(2)16(18(22)23)19-17(21)14-7-9-15(10-8-14)26(24,25)20-11-5-4-6-13(20)3/h7-10,12-13,16H,4-6,11H2,1-3H3,(H,19,21)(H,22,23)/t13?,16-/m0/s1. The lowest BCUT2D eigenvalue weighted by Gasteiger charge is -2.32. The third-order valence-corrected chi connectivity index (χ3v) is 6.71. The predicted octanol–water partition coefficient (Wildman–Crippen LogP) is 2.09. The van der Waals surface area contributed by atoms with Crippen LogP contribution in [0.3, 0.4) is 0 Å². The Morgan fingerprint density at radius 3 is 2.31 bits per heavy atom. The smallest absolute Gasteiger partial charge is 0.326 e. The van der Waals surface area contributed by atoms with Crippen molar-refractivity contribution < 1.29 is 23.1 Å². The zero-order valence-corrected chi connectivity index (χ0v) is 16.1. The van der Waals surface area contributed by atoms with Gasteiger partial charge in [-0.1, -0.05) is 20.3 Å². The first-order valence-corrected chi connectivity index (χ1v) is 10.2. The van der Waals surface area contributed by atoms with Crippen LogP contribution >= 0.6 is 0 Å². The number of hydrogen-bond acceptors (Lipinski definition) is 4. The van der Waals surface area contributed by atoms with Crippen LogP contribution in [0.4, 0.5) is 0 Å². The number of nitrogens with zero attached hydrogens (tertiary/aromatic N) is 1. The van der Waals surface area contributed by atoms with Crippen LogP contribution in [0.1, 0.15) is 50.4 Å². The Balaban J connectivity index is 2.17. The summed E-state index contributed by atoms with van der Waals surface area (Å²) >= 11 is 0. The Kier molecular flexibility index (Phi) is 6.41. The van der Waals surface area contributed by atoms with Gasteiger partial charge >= 0.3 is 5.97 Å². The first-order chi connectivity index (χ1) is 12.1. The van der Waals surface area contributed by atoms with Crippen molar-refractivity contribution in [3.63, 3.8) is 0 Å². The van der Waals surface area contributed by atoms with E-state index in [4.69, 9.17) is 5.11 Å². The molecule has 1 fully saturated rings. The molecule has 26 heavy (non-hydrogen) atoms. The average Bonchev–Trinajstić information content (AvgIpc) is 2.59. The summed E-state index contributed by atoms with van der Waals surface area (Å²) < 4.78 is 27.1. The Labute approximate surface area is 154 Å². The first-order valence-electron chi connectivity index (χ1n) is 8.80. The quantitative estimate of drug-likeness (QED) is 0.784. The molecule has 144 valence electrons. The Bertz CT molecular complexity index is 758. The van der Waals surface area contributed by atoms with Gasteiger partial charge in [0.25, 0.3) is 5.91 Å². The minimum Gasteiger partial charge on any atom is -0.480 e. The van der Waals surface area contributed by atoms with E-state index in [0.717, 1.165) is 19.3 Å². The van der Waals surface area contributed by atoms with Gasteiger partial charge in [0.2, 0.25) is 10.0 Å². The van der Waals surface area contributed by atoms with Gasteiger partial charge in [-0.25, -0.2) is 13.2 Å². The van der Waals surface area contributed by atoms with E-state index in [1.54, 1.807) is 13.8 Å². The normalized spacial score (nSPS) is 19.9. The second-order valence-corrected chi connectivity index (χ2v) is 8.91. The molecule has 2 rings (SSSR count). The minimum absolute atomic E-state index is 0.0425. The topological polar surface area (TPSA) is 104 Å². The van der Waals surface area contributed by atoms with Gasteiger partial charge in [0.15, 0.2) is 0 Å². The summed E-state index contributed by atoms with van der Waals surface area (Å²) in [5, 5.41) is 11.6. The Morgan fingerprint density at radius 1 is 1.19 bits per heavy atom. The summed E-state index contributed by atoms with van der Waals surface area (Å²) in [5.74, 6) is -1.91. The van der Waals surface area contributed by atoms with Crippen LogP contribution < -0.4 is 5.32 Å². The van der Waals surface area contributed by atoms with Gasteiger partial charge in [-0.05, 0) is 49.9 Å². The fourth-order valence-electron chi connectivity index (χ4n) is 3.08. The average molecular weight is 382 g/mol. The van der Waals surface area contributed by atoms with Crippen molar-refractivity contribution in [2.75, 3.05) is 6.54 Å². The molecule has 8 heteroatoms. The van der Waals surface area contributed by atoms with Crippen molar-refractivity contribution in [1.82, 2.24) is 9.62 Å². The molecule has 1 aromatic rings. The van der Waals surface area contributed by atoms with E-state index in [9.17, 15) is 18.0 Å². The number of carboxylic acids is 1. The molecule has 7 nitrogen and oxygen atoms in total. The Hall–Kier alpha value is -1.93. The predicted molar refractivity (Wildman–Crippen MR) is 97.4 cm³/mol. The molecular formula is C18H26N2O5S. The molecule has 2 N–H and O–H groups in total. The maximum absolute atomic E-state index is 12.8. The van der Waals surface area contributed by atoms with Crippen LogP contribution in [0.25, 0.3) is 0 Å². The van der Waals surface area contributed by atoms with Crippen molar-refractivity contribution in [3.8, 4) is 0 Å². The number of piperidine rings is 1.